The van der Waals surface area contributed by atoms with Gasteiger partial charge >= 0.3 is 0 Å². The van der Waals surface area contributed by atoms with Crippen LogP contribution in [0.15, 0.2) is 18.2 Å². The number of non-ortho nitro benzene ring substituents is 1. The number of carbonyl (C=O) groups is 1. The van der Waals surface area contributed by atoms with E-state index in [4.69, 9.17) is 4.74 Å². The van der Waals surface area contributed by atoms with Crippen LogP contribution in [0.25, 0.3) is 0 Å². The molecule has 0 aliphatic heterocycles. The van der Waals surface area contributed by atoms with Crippen LogP contribution in [-0.2, 0) is 4.74 Å². The van der Waals surface area contributed by atoms with Gasteiger partial charge in [-0.1, -0.05) is 12.8 Å². The Morgan fingerprint density at radius 1 is 1.38 bits per heavy atom. The van der Waals surface area contributed by atoms with Gasteiger partial charge in [0.25, 0.3) is 11.6 Å². The molecule has 0 bridgehead atoms. The number of nitro benzene ring substituents is 1. The van der Waals surface area contributed by atoms with Crippen LogP contribution in [0.1, 0.15) is 49.4 Å². The van der Waals surface area contributed by atoms with Crippen LogP contribution in [-0.4, -0.2) is 36.6 Å². The van der Waals surface area contributed by atoms with Crippen LogP contribution < -0.4 is 10.6 Å². The number of benzene rings is 1. The first-order valence-electron chi connectivity index (χ1n) is 8.52. The molecule has 7 heteroatoms. The fourth-order valence-electron chi connectivity index (χ4n) is 2.87. The van der Waals surface area contributed by atoms with E-state index in [-0.39, 0.29) is 11.6 Å². The van der Waals surface area contributed by atoms with Crippen LogP contribution in [0.4, 0.5) is 11.4 Å². The molecule has 24 heavy (non-hydrogen) atoms. The van der Waals surface area contributed by atoms with E-state index >= 15 is 0 Å². The zero-order valence-corrected chi connectivity index (χ0v) is 14.0. The third-order valence-corrected chi connectivity index (χ3v) is 4.13. The van der Waals surface area contributed by atoms with Crippen molar-refractivity contribution < 1.29 is 14.5 Å². The molecule has 1 aromatic rings. The minimum atomic E-state index is -0.481. The molecule has 1 aliphatic rings. The van der Waals surface area contributed by atoms with Crippen LogP contribution >= 0.6 is 0 Å². The summed E-state index contributed by atoms with van der Waals surface area (Å²) < 4.78 is 5.23. The number of amides is 1. The van der Waals surface area contributed by atoms with Gasteiger partial charge in [-0.05, 0) is 32.3 Å². The molecule has 2 N–H and O–H groups in total. The highest BCUT2D eigenvalue weighted by molar-refractivity contribution is 6.00. The van der Waals surface area contributed by atoms with Crippen LogP contribution in [0, 0.1) is 10.1 Å². The third-order valence-electron chi connectivity index (χ3n) is 4.13. The minimum Gasteiger partial charge on any atom is -0.382 e. The predicted octanol–water partition coefficient (Wildman–Crippen LogP) is 3.11. The van der Waals surface area contributed by atoms with E-state index in [9.17, 15) is 14.9 Å². The fourth-order valence-corrected chi connectivity index (χ4v) is 2.87. The van der Waals surface area contributed by atoms with E-state index in [2.05, 4.69) is 10.6 Å². The number of rotatable bonds is 9. The summed E-state index contributed by atoms with van der Waals surface area (Å²) in [5, 5.41) is 17.2. The monoisotopic (exact) mass is 335 g/mol. The lowest BCUT2D eigenvalue weighted by Crippen LogP contribution is -2.27. The second kappa shape index (κ2) is 9.22. The standard InChI is InChI=1S/C17H25N3O4/c1-2-24-11-5-10-18-17(21)15-12-14(20(22)23)8-9-16(15)19-13-6-3-4-7-13/h8-9,12-13,19H,2-7,10-11H2,1H3,(H,18,21). The molecule has 0 spiro atoms. The number of carbonyl (C=O) groups excluding carboxylic acids is 1. The van der Waals surface area contributed by atoms with Gasteiger partial charge in [-0.25, -0.2) is 0 Å². The Balaban J connectivity index is 2.06. The quantitative estimate of drug-likeness (QED) is 0.411. The van der Waals surface area contributed by atoms with Crippen molar-refractivity contribution in [3.05, 3.63) is 33.9 Å². The molecule has 7 nitrogen and oxygen atoms in total. The summed E-state index contributed by atoms with van der Waals surface area (Å²) in [6, 6.07) is 4.74. The largest absolute Gasteiger partial charge is 0.382 e. The lowest BCUT2D eigenvalue weighted by Gasteiger charge is -2.17. The fraction of sp³-hybridized carbons (Fsp3) is 0.588. The zero-order chi connectivity index (χ0) is 17.4. The maximum atomic E-state index is 12.4. The number of nitrogens with zero attached hydrogens (tertiary/aromatic N) is 1. The second-order valence-corrected chi connectivity index (χ2v) is 5.92. The highest BCUT2D eigenvalue weighted by atomic mass is 16.6. The number of ether oxygens (including phenoxy) is 1. The van der Waals surface area contributed by atoms with E-state index in [0.717, 1.165) is 12.8 Å². The highest BCUT2D eigenvalue weighted by Gasteiger charge is 2.20. The molecular formula is C17H25N3O4. The van der Waals surface area contributed by atoms with Crippen molar-refractivity contribution in [3.8, 4) is 0 Å². The van der Waals surface area contributed by atoms with Gasteiger partial charge in [-0.15, -0.1) is 0 Å². The molecule has 2 rings (SSSR count). The smallest absolute Gasteiger partial charge is 0.270 e. The van der Waals surface area contributed by atoms with Gasteiger partial charge in [0.2, 0.25) is 0 Å². The first-order valence-corrected chi connectivity index (χ1v) is 8.52. The summed E-state index contributed by atoms with van der Waals surface area (Å²) in [5.41, 5.74) is 0.911. The van der Waals surface area contributed by atoms with Crippen molar-refractivity contribution in [2.75, 3.05) is 25.1 Å². The molecule has 0 heterocycles. The third kappa shape index (κ3) is 5.19. The number of nitrogens with one attached hydrogen (secondary N) is 2. The molecular weight excluding hydrogens is 310 g/mol. The van der Waals surface area contributed by atoms with E-state index in [1.165, 1.54) is 25.0 Å². The lowest BCUT2D eigenvalue weighted by atomic mass is 10.1. The SMILES string of the molecule is CCOCCCNC(=O)c1cc([N+](=O)[O-])ccc1NC1CCCC1. The number of hydrogen-bond acceptors (Lipinski definition) is 5. The van der Waals surface area contributed by atoms with Gasteiger partial charge in [0.05, 0.1) is 10.5 Å². The molecule has 0 radical (unpaired) electrons. The summed E-state index contributed by atoms with van der Waals surface area (Å²) in [6.45, 7) is 3.63. The molecule has 1 aliphatic carbocycles. The van der Waals surface area contributed by atoms with E-state index in [0.29, 0.717) is 43.5 Å². The van der Waals surface area contributed by atoms with Crippen molar-refractivity contribution >= 4 is 17.3 Å². The predicted molar refractivity (Wildman–Crippen MR) is 92.4 cm³/mol. The Kier molecular flexibility index (Phi) is 6.99. The van der Waals surface area contributed by atoms with Crippen molar-refractivity contribution in [2.24, 2.45) is 0 Å². The van der Waals surface area contributed by atoms with Crippen molar-refractivity contribution in [3.63, 3.8) is 0 Å². The molecule has 1 fully saturated rings. The Morgan fingerprint density at radius 2 is 2.12 bits per heavy atom. The molecule has 0 saturated heterocycles. The summed E-state index contributed by atoms with van der Waals surface area (Å²) in [4.78, 5) is 23.0. The summed E-state index contributed by atoms with van der Waals surface area (Å²) in [5.74, 6) is -0.296. The van der Waals surface area contributed by atoms with Crippen molar-refractivity contribution in [1.29, 1.82) is 0 Å². The second-order valence-electron chi connectivity index (χ2n) is 5.92. The first-order chi connectivity index (χ1) is 11.6. The highest BCUT2D eigenvalue weighted by Crippen LogP contribution is 2.27. The van der Waals surface area contributed by atoms with E-state index < -0.39 is 4.92 Å². The minimum absolute atomic E-state index is 0.0774. The van der Waals surface area contributed by atoms with Gasteiger partial charge in [0.15, 0.2) is 0 Å². The molecule has 0 unspecified atom stereocenters. The van der Waals surface area contributed by atoms with E-state index in [1.54, 1.807) is 6.07 Å². The van der Waals surface area contributed by atoms with Crippen molar-refractivity contribution in [2.45, 2.75) is 45.1 Å². The van der Waals surface area contributed by atoms with Crippen molar-refractivity contribution in [1.82, 2.24) is 5.32 Å². The van der Waals surface area contributed by atoms with Gasteiger partial charge in [0, 0.05) is 43.6 Å². The summed E-state index contributed by atoms with van der Waals surface area (Å²) in [6.07, 6.45) is 5.17. The number of nitro groups is 1. The average molecular weight is 335 g/mol. The van der Waals surface area contributed by atoms with Gasteiger partial charge in [-0.3, -0.25) is 14.9 Å². The average Bonchev–Trinajstić information content (AvgIpc) is 3.07. The van der Waals surface area contributed by atoms with Gasteiger partial charge in [-0.2, -0.15) is 0 Å². The van der Waals surface area contributed by atoms with Gasteiger partial charge < -0.3 is 15.4 Å². The normalized spacial score (nSPS) is 14.5. The van der Waals surface area contributed by atoms with Crippen LogP contribution in [0.2, 0.25) is 0 Å². The number of anilines is 1. The Labute approximate surface area is 141 Å². The van der Waals surface area contributed by atoms with E-state index in [1.807, 2.05) is 6.92 Å². The molecule has 132 valence electrons. The zero-order valence-electron chi connectivity index (χ0n) is 14.0. The first kappa shape index (κ1) is 18.2. The Bertz CT molecular complexity index is 571. The summed E-state index contributed by atoms with van der Waals surface area (Å²) >= 11 is 0. The van der Waals surface area contributed by atoms with Crippen LogP contribution in [0.5, 0.6) is 0 Å². The molecule has 1 saturated carbocycles. The molecule has 0 atom stereocenters. The topological polar surface area (TPSA) is 93.5 Å². The maximum Gasteiger partial charge on any atom is 0.270 e. The molecule has 0 aromatic heterocycles. The Morgan fingerprint density at radius 3 is 2.79 bits per heavy atom. The maximum absolute atomic E-state index is 12.4. The Hall–Kier alpha value is -2.15. The molecule has 1 aromatic carbocycles. The lowest BCUT2D eigenvalue weighted by molar-refractivity contribution is -0.384. The number of hydrogen-bond donors (Lipinski definition) is 2. The van der Waals surface area contributed by atoms with Crippen LogP contribution in [0.3, 0.4) is 0 Å². The van der Waals surface area contributed by atoms with Gasteiger partial charge in [0.1, 0.15) is 0 Å². The molecule has 1 amide bonds. The summed E-state index contributed by atoms with van der Waals surface area (Å²) in [7, 11) is 0.